The van der Waals surface area contributed by atoms with Crippen LogP contribution in [0.1, 0.15) is 37.3 Å². The molecule has 6 heteroatoms. The van der Waals surface area contributed by atoms with Gasteiger partial charge in [-0.05, 0) is 31.4 Å². The molecule has 1 aromatic carbocycles. The highest BCUT2D eigenvalue weighted by molar-refractivity contribution is 14.0. The first kappa shape index (κ1) is 21.5. The molecule has 1 unspecified atom stereocenters. The molecule has 0 saturated carbocycles. The Kier molecular flexibility index (Phi) is 10.2. The minimum absolute atomic E-state index is 0. The van der Waals surface area contributed by atoms with Gasteiger partial charge in [0.05, 0.1) is 6.20 Å². The summed E-state index contributed by atoms with van der Waals surface area (Å²) in [6.45, 7) is 9.80. The van der Waals surface area contributed by atoms with Gasteiger partial charge in [-0.15, -0.1) is 24.0 Å². The minimum atomic E-state index is 0. The van der Waals surface area contributed by atoms with E-state index in [2.05, 4.69) is 67.0 Å². The van der Waals surface area contributed by atoms with Gasteiger partial charge in [0.2, 0.25) is 0 Å². The first-order valence-electron chi connectivity index (χ1n) is 8.75. The fraction of sp³-hybridized carbons (Fsp3) is 0.474. The van der Waals surface area contributed by atoms with Gasteiger partial charge in [0, 0.05) is 38.3 Å². The molecule has 0 aliphatic heterocycles. The SMILES string of the molecule is CCNC(=NCC(C)c1ccccc1)NCCCn1cc(C)cn1.I. The molecule has 0 spiro atoms. The number of benzene rings is 1. The molecule has 0 aliphatic carbocycles. The lowest BCUT2D eigenvalue weighted by Crippen LogP contribution is -2.38. The number of aryl methyl sites for hydroxylation is 2. The monoisotopic (exact) mass is 455 g/mol. The van der Waals surface area contributed by atoms with Gasteiger partial charge in [-0.1, -0.05) is 37.3 Å². The molecule has 1 heterocycles. The summed E-state index contributed by atoms with van der Waals surface area (Å²) in [6.07, 6.45) is 4.98. The van der Waals surface area contributed by atoms with Crippen LogP contribution in [0.3, 0.4) is 0 Å². The number of nitrogens with one attached hydrogen (secondary N) is 2. The zero-order chi connectivity index (χ0) is 17.2. The van der Waals surface area contributed by atoms with Crippen molar-refractivity contribution < 1.29 is 0 Å². The lowest BCUT2D eigenvalue weighted by molar-refractivity contribution is 0.569. The van der Waals surface area contributed by atoms with Gasteiger partial charge in [-0.25, -0.2) is 0 Å². The third-order valence-corrected chi connectivity index (χ3v) is 3.85. The van der Waals surface area contributed by atoms with E-state index in [1.54, 1.807) is 0 Å². The maximum Gasteiger partial charge on any atom is 0.191 e. The van der Waals surface area contributed by atoms with Crippen LogP contribution in [0.25, 0.3) is 0 Å². The van der Waals surface area contributed by atoms with E-state index in [-0.39, 0.29) is 24.0 Å². The summed E-state index contributed by atoms with van der Waals surface area (Å²) in [4.78, 5) is 4.71. The van der Waals surface area contributed by atoms with Crippen LogP contribution in [0.5, 0.6) is 0 Å². The lowest BCUT2D eigenvalue weighted by atomic mass is 10.0. The van der Waals surface area contributed by atoms with Gasteiger partial charge in [-0.2, -0.15) is 5.10 Å². The summed E-state index contributed by atoms with van der Waals surface area (Å²) in [6, 6.07) is 10.5. The smallest absolute Gasteiger partial charge is 0.191 e. The van der Waals surface area contributed by atoms with E-state index in [1.807, 2.05) is 16.9 Å². The van der Waals surface area contributed by atoms with E-state index in [0.29, 0.717) is 5.92 Å². The summed E-state index contributed by atoms with van der Waals surface area (Å²) < 4.78 is 1.98. The molecule has 1 aromatic heterocycles. The molecule has 0 radical (unpaired) electrons. The second-order valence-corrected chi connectivity index (χ2v) is 6.09. The summed E-state index contributed by atoms with van der Waals surface area (Å²) in [5.74, 6) is 1.30. The van der Waals surface area contributed by atoms with Crippen LogP contribution in [0.2, 0.25) is 0 Å². The van der Waals surface area contributed by atoms with E-state index in [0.717, 1.165) is 38.6 Å². The molecule has 1 atom stereocenters. The molecule has 0 fully saturated rings. The normalized spacial score (nSPS) is 12.4. The van der Waals surface area contributed by atoms with Crippen molar-refractivity contribution >= 4 is 29.9 Å². The Hall–Kier alpha value is -1.57. The maximum absolute atomic E-state index is 4.71. The van der Waals surface area contributed by atoms with Crippen LogP contribution in [0.15, 0.2) is 47.7 Å². The van der Waals surface area contributed by atoms with E-state index < -0.39 is 0 Å². The highest BCUT2D eigenvalue weighted by Crippen LogP contribution is 2.14. The van der Waals surface area contributed by atoms with Gasteiger partial charge in [-0.3, -0.25) is 9.67 Å². The van der Waals surface area contributed by atoms with Crippen molar-refractivity contribution in [3.05, 3.63) is 53.9 Å². The predicted molar refractivity (Wildman–Crippen MR) is 116 cm³/mol. The predicted octanol–water partition coefficient (Wildman–Crippen LogP) is 3.56. The van der Waals surface area contributed by atoms with E-state index in [4.69, 9.17) is 4.99 Å². The molecule has 25 heavy (non-hydrogen) atoms. The van der Waals surface area contributed by atoms with Crippen molar-refractivity contribution in [1.29, 1.82) is 0 Å². The van der Waals surface area contributed by atoms with Crippen molar-refractivity contribution in [1.82, 2.24) is 20.4 Å². The summed E-state index contributed by atoms with van der Waals surface area (Å²) in [5, 5.41) is 11.0. The van der Waals surface area contributed by atoms with Crippen molar-refractivity contribution in [2.75, 3.05) is 19.6 Å². The topological polar surface area (TPSA) is 54.2 Å². The van der Waals surface area contributed by atoms with E-state index in [1.165, 1.54) is 11.1 Å². The summed E-state index contributed by atoms with van der Waals surface area (Å²) >= 11 is 0. The number of hydrogen-bond acceptors (Lipinski definition) is 2. The lowest BCUT2D eigenvalue weighted by Gasteiger charge is -2.14. The number of guanidine groups is 1. The fourth-order valence-corrected chi connectivity index (χ4v) is 2.49. The second kappa shape index (κ2) is 11.9. The minimum Gasteiger partial charge on any atom is -0.357 e. The summed E-state index contributed by atoms with van der Waals surface area (Å²) in [7, 11) is 0. The van der Waals surface area contributed by atoms with Crippen molar-refractivity contribution in [3.8, 4) is 0 Å². The van der Waals surface area contributed by atoms with Gasteiger partial charge in [0.15, 0.2) is 5.96 Å². The molecule has 138 valence electrons. The fourth-order valence-electron chi connectivity index (χ4n) is 2.49. The number of hydrogen-bond donors (Lipinski definition) is 2. The van der Waals surface area contributed by atoms with Crippen LogP contribution in [0.4, 0.5) is 0 Å². The van der Waals surface area contributed by atoms with Crippen LogP contribution < -0.4 is 10.6 Å². The highest BCUT2D eigenvalue weighted by Gasteiger charge is 2.05. The number of aliphatic imine (C=N–C) groups is 1. The molecule has 0 amide bonds. The van der Waals surface area contributed by atoms with Gasteiger partial charge in [0.25, 0.3) is 0 Å². The first-order chi connectivity index (χ1) is 11.7. The first-order valence-corrected chi connectivity index (χ1v) is 8.75. The van der Waals surface area contributed by atoms with Crippen molar-refractivity contribution in [3.63, 3.8) is 0 Å². The molecule has 5 nitrogen and oxygen atoms in total. The molecule has 0 saturated heterocycles. The average molecular weight is 455 g/mol. The Balaban J connectivity index is 0.00000312. The number of halogens is 1. The molecular weight excluding hydrogens is 425 g/mol. The zero-order valence-electron chi connectivity index (χ0n) is 15.4. The van der Waals surface area contributed by atoms with E-state index >= 15 is 0 Å². The highest BCUT2D eigenvalue weighted by atomic mass is 127. The standard InChI is InChI=1S/C19H29N5.HI/c1-4-20-19(21-11-8-12-24-15-16(2)13-23-24)22-14-17(3)18-9-6-5-7-10-18;/h5-7,9-10,13,15,17H,4,8,11-12,14H2,1-3H3,(H2,20,21,22);1H. The third kappa shape index (κ3) is 7.90. The van der Waals surface area contributed by atoms with Gasteiger partial charge < -0.3 is 10.6 Å². The molecule has 0 bridgehead atoms. The number of nitrogens with zero attached hydrogens (tertiary/aromatic N) is 3. The summed E-state index contributed by atoms with van der Waals surface area (Å²) in [5.41, 5.74) is 2.53. The molecule has 2 N–H and O–H groups in total. The number of rotatable bonds is 8. The number of aromatic nitrogens is 2. The van der Waals surface area contributed by atoms with Crippen LogP contribution >= 0.6 is 24.0 Å². The Bertz CT molecular complexity index is 624. The van der Waals surface area contributed by atoms with Crippen molar-refractivity contribution in [2.45, 2.75) is 39.7 Å². The Morgan fingerprint density at radius 1 is 1.24 bits per heavy atom. The van der Waals surface area contributed by atoms with Crippen LogP contribution in [-0.4, -0.2) is 35.4 Å². The third-order valence-electron chi connectivity index (χ3n) is 3.85. The molecule has 2 aromatic rings. The van der Waals surface area contributed by atoms with Crippen LogP contribution in [-0.2, 0) is 6.54 Å². The molecular formula is C19H30IN5. The van der Waals surface area contributed by atoms with Gasteiger partial charge >= 0.3 is 0 Å². The Morgan fingerprint density at radius 3 is 2.64 bits per heavy atom. The quantitative estimate of drug-likeness (QED) is 0.277. The Labute approximate surface area is 168 Å². The van der Waals surface area contributed by atoms with Crippen LogP contribution in [0, 0.1) is 6.92 Å². The van der Waals surface area contributed by atoms with Crippen molar-refractivity contribution in [2.24, 2.45) is 4.99 Å². The maximum atomic E-state index is 4.71. The molecule has 0 aliphatic rings. The largest absolute Gasteiger partial charge is 0.357 e. The molecule has 2 rings (SSSR count). The average Bonchev–Trinajstić information content (AvgIpc) is 3.02. The second-order valence-electron chi connectivity index (χ2n) is 6.09. The van der Waals surface area contributed by atoms with Gasteiger partial charge in [0.1, 0.15) is 0 Å². The Morgan fingerprint density at radius 2 is 2.00 bits per heavy atom. The van der Waals surface area contributed by atoms with E-state index in [9.17, 15) is 0 Å². The zero-order valence-corrected chi connectivity index (χ0v) is 17.7.